The zero-order valence-corrected chi connectivity index (χ0v) is 5.72. The summed E-state index contributed by atoms with van der Waals surface area (Å²) in [5.41, 5.74) is 0.0717. The van der Waals surface area contributed by atoms with E-state index in [0.717, 1.165) is 0 Å². The molecular formula is C6H8F2O3. The molecule has 64 valence electrons. The molecule has 0 aliphatic heterocycles. The van der Waals surface area contributed by atoms with E-state index in [1.165, 1.54) is 0 Å². The first-order valence-corrected chi connectivity index (χ1v) is 2.83. The Balaban J connectivity index is 3.45. The summed E-state index contributed by atoms with van der Waals surface area (Å²) in [4.78, 5) is 9.74. The van der Waals surface area contributed by atoms with Crippen LogP contribution < -0.4 is 0 Å². The van der Waals surface area contributed by atoms with Gasteiger partial charge < -0.3 is 9.84 Å². The number of ether oxygens (including phenoxy) is 1. The van der Waals surface area contributed by atoms with E-state index in [1.807, 2.05) is 0 Å². The third-order valence-corrected chi connectivity index (χ3v) is 0.843. The molecule has 0 aliphatic carbocycles. The van der Waals surface area contributed by atoms with Crippen LogP contribution in [0.15, 0.2) is 12.2 Å². The third-order valence-electron chi connectivity index (χ3n) is 0.843. The van der Waals surface area contributed by atoms with Gasteiger partial charge in [0.05, 0.1) is 0 Å². The van der Waals surface area contributed by atoms with Crippen molar-refractivity contribution in [1.29, 1.82) is 0 Å². The van der Waals surface area contributed by atoms with Gasteiger partial charge in [-0.05, 0) is 5.57 Å². The van der Waals surface area contributed by atoms with Crippen LogP contribution in [0.2, 0.25) is 0 Å². The molecule has 0 radical (unpaired) electrons. The van der Waals surface area contributed by atoms with Crippen molar-refractivity contribution in [3.8, 4) is 0 Å². The van der Waals surface area contributed by atoms with Gasteiger partial charge in [-0.15, -0.1) is 0 Å². The van der Waals surface area contributed by atoms with E-state index < -0.39 is 19.0 Å². The maximum Gasteiger partial charge on any atom is 0.506 e. The van der Waals surface area contributed by atoms with Gasteiger partial charge >= 0.3 is 6.16 Å². The average molecular weight is 166 g/mol. The molecule has 0 aromatic heterocycles. The molecule has 0 spiro atoms. The Morgan fingerprint density at radius 3 is 2.55 bits per heavy atom. The molecule has 0 aliphatic rings. The van der Waals surface area contributed by atoms with Crippen molar-refractivity contribution in [2.75, 3.05) is 6.61 Å². The van der Waals surface area contributed by atoms with Crippen molar-refractivity contribution in [2.24, 2.45) is 0 Å². The fourth-order valence-electron chi connectivity index (χ4n) is 0.441. The van der Waals surface area contributed by atoms with Gasteiger partial charge in [0, 0.05) is 6.42 Å². The van der Waals surface area contributed by atoms with Gasteiger partial charge in [0.15, 0.2) is 0 Å². The molecule has 0 heterocycles. The van der Waals surface area contributed by atoms with Gasteiger partial charge in [0.25, 0.3) is 0 Å². The lowest BCUT2D eigenvalue weighted by atomic mass is 10.2. The number of hydrogen-bond acceptors (Lipinski definition) is 2. The molecule has 5 heteroatoms. The van der Waals surface area contributed by atoms with Crippen molar-refractivity contribution in [3.05, 3.63) is 12.2 Å². The lowest BCUT2D eigenvalue weighted by molar-refractivity contribution is 0.0936. The van der Waals surface area contributed by atoms with Crippen molar-refractivity contribution < 1.29 is 23.4 Å². The molecule has 0 bridgehead atoms. The van der Waals surface area contributed by atoms with Crippen LogP contribution in [0, 0.1) is 0 Å². The van der Waals surface area contributed by atoms with E-state index >= 15 is 0 Å². The SMILES string of the molecule is C=C(COC(=O)O)CC(F)F. The second-order valence-corrected chi connectivity index (χ2v) is 1.90. The minimum absolute atomic E-state index is 0.0717. The van der Waals surface area contributed by atoms with E-state index in [2.05, 4.69) is 11.3 Å². The average Bonchev–Trinajstić information content (AvgIpc) is 1.82. The van der Waals surface area contributed by atoms with Crippen LogP contribution in [0.25, 0.3) is 0 Å². The van der Waals surface area contributed by atoms with Crippen LogP contribution in [0.5, 0.6) is 0 Å². The lowest BCUT2D eigenvalue weighted by Crippen LogP contribution is -2.05. The summed E-state index contributed by atoms with van der Waals surface area (Å²) in [6.07, 6.45) is -4.51. The van der Waals surface area contributed by atoms with Gasteiger partial charge in [-0.1, -0.05) is 6.58 Å². The Hall–Kier alpha value is -1.13. The van der Waals surface area contributed by atoms with Crippen molar-refractivity contribution in [1.82, 2.24) is 0 Å². The molecule has 0 rings (SSSR count). The van der Waals surface area contributed by atoms with Gasteiger partial charge in [0.1, 0.15) is 6.61 Å². The van der Waals surface area contributed by atoms with Crippen LogP contribution in [0.4, 0.5) is 13.6 Å². The first kappa shape index (κ1) is 9.87. The Bertz CT molecular complexity index is 156. The molecule has 1 N–H and O–H groups in total. The zero-order chi connectivity index (χ0) is 8.85. The zero-order valence-electron chi connectivity index (χ0n) is 5.72. The van der Waals surface area contributed by atoms with Crippen LogP contribution in [0.1, 0.15) is 6.42 Å². The molecule has 0 aromatic carbocycles. The maximum absolute atomic E-state index is 11.5. The first-order valence-electron chi connectivity index (χ1n) is 2.83. The summed E-state index contributed by atoms with van der Waals surface area (Å²) < 4.78 is 27.1. The smallest absolute Gasteiger partial charge is 0.450 e. The molecule has 0 amide bonds. The van der Waals surface area contributed by atoms with Gasteiger partial charge in [-0.2, -0.15) is 0 Å². The summed E-state index contributed by atoms with van der Waals surface area (Å²) in [5, 5.41) is 7.95. The van der Waals surface area contributed by atoms with E-state index in [9.17, 15) is 13.6 Å². The Labute approximate surface area is 62.3 Å². The van der Waals surface area contributed by atoms with Crippen LogP contribution in [0.3, 0.4) is 0 Å². The van der Waals surface area contributed by atoms with Crippen LogP contribution >= 0.6 is 0 Å². The monoisotopic (exact) mass is 166 g/mol. The van der Waals surface area contributed by atoms with Crippen molar-refractivity contribution >= 4 is 6.16 Å². The maximum atomic E-state index is 11.5. The lowest BCUT2D eigenvalue weighted by Gasteiger charge is -2.02. The number of alkyl halides is 2. The molecule has 0 saturated heterocycles. The fraction of sp³-hybridized carbons (Fsp3) is 0.500. The molecule has 0 saturated carbocycles. The quantitative estimate of drug-likeness (QED) is 0.512. The van der Waals surface area contributed by atoms with Gasteiger partial charge in [-0.25, -0.2) is 13.6 Å². The Morgan fingerprint density at radius 2 is 2.18 bits per heavy atom. The molecule has 0 atom stereocenters. The highest BCUT2D eigenvalue weighted by molar-refractivity contribution is 5.57. The predicted octanol–water partition coefficient (Wildman–Crippen LogP) is 1.89. The first-order chi connectivity index (χ1) is 5.02. The minimum atomic E-state index is -2.50. The normalized spacial score (nSPS) is 9.73. The summed E-state index contributed by atoms with van der Waals surface area (Å²) in [7, 11) is 0. The number of halogens is 2. The number of carboxylic acid groups (broad SMARTS) is 1. The van der Waals surface area contributed by atoms with Gasteiger partial charge in [0.2, 0.25) is 6.43 Å². The molecule has 0 unspecified atom stereocenters. The van der Waals surface area contributed by atoms with Crippen molar-refractivity contribution in [3.63, 3.8) is 0 Å². The Kier molecular flexibility index (Phi) is 4.17. The van der Waals surface area contributed by atoms with Crippen LogP contribution in [-0.2, 0) is 4.74 Å². The summed E-state index contributed by atoms with van der Waals surface area (Å²) >= 11 is 0. The number of hydrogen-bond donors (Lipinski definition) is 1. The molecule has 3 nitrogen and oxygen atoms in total. The molecule has 0 fully saturated rings. The second-order valence-electron chi connectivity index (χ2n) is 1.90. The van der Waals surface area contributed by atoms with E-state index in [1.54, 1.807) is 0 Å². The molecular weight excluding hydrogens is 158 g/mol. The fourth-order valence-corrected chi connectivity index (χ4v) is 0.441. The van der Waals surface area contributed by atoms with Crippen molar-refractivity contribution in [2.45, 2.75) is 12.8 Å². The number of carbonyl (C=O) groups is 1. The van der Waals surface area contributed by atoms with E-state index in [0.29, 0.717) is 0 Å². The highest BCUT2D eigenvalue weighted by atomic mass is 19.3. The molecule has 11 heavy (non-hydrogen) atoms. The number of rotatable bonds is 4. The minimum Gasteiger partial charge on any atom is -0.450 e. The van der Waals surface area contributed by atoms with E-state index in [-0.39, 0.29) is 12.2 Å². The van der Waals surface area contributed by atoms with Gasteiger partial charge in [-0.3, -0.25) is 0 Å². The summed E-state index contributed by atoms with van der Waals surface area (Å²) in [6, 6.07) is 0. The third kappa shape index (κ3) is 6.76. The Morgan fingerprint density at radius 1 is 1.64 bits per heavy atom. The predicted molar refractivity (Wildman–Crippen MR) is 33.7 cm³/mol. The standard InChI is InChI=1S/C6H8F2O3/c1-4(2-5(7)8)3-11-6(9)10/h5H,1-3H2,(H,9,10). The van der Waals surface area contributed by atoms with E-state index in [4.69, 9.17) is 5.11 Å². The summed E-state index contributed by atoms with van der Waals surface area (Å²) in [6.45, 7) is 2.84. The topological polar surface area (TPSA) is 46.5 Å². The summed E-state index contributed by atoms with van der Waals surface area (Å²) in [5.74, 6) is 0. The second kappa shape index (κ2) is 4.65. The molecule has 0 aromatic rings. The largest absolute Gasteiger partial charge is 0.506 e. The van der Waals surface area contributed by atoms with Crippen LogP contribution in [-0.4, -0.2) is 24.3 Å². The highest BCUT2D eigenvalue weighted by Crippen LogP contribution is 2.07. The highest BCUT2D eigenvalue weighted by Gasteiger charge is 2.06.